The van der Waals surface area contributed by atoms with Crippen LogP contribution in [0.4, 0.5) is 5.95 Å². The molecule has 5 N–H and O–H groups in total. The molecule has 7 nitrogen and oxygen atoms in total. The third-order valence-corrected chi connectivity index (χ3v) is 6.60. The van der Waals surface area contributed by atoms with Gasteiger partial charge in [0.05, 0.1) is 36.3 Å². The lowest BCUT2D eigenvalue weighted by atomic mass is 9.83. The smallest absolute Gasteiger partial charge is 0.223 e. The summed E-state index contributed by atoms with van der Waals surface area (Å²) in [5, 5.41) is 4.80. The van der Waals surface area contributed by atoms with Crippen LogP contribution in [0.15, 0.2) is 59.1 Å². The quantitative estimate of drug-likeness (QED) is 0.227. The minimum atomic E-state index is 0.392. The van der Waals surface area contributed by atoms with E-state index in [1.54, 1.807) is 18.3 Å². The van der Waals surface area contributed by atoms with Gasteiger partial charge in [0.25, 0.3) is 0 Å². The van der Waals surface area contributed by atoms with Crippen LogP contribution < -0.4 is 16.9 Å². The molecule has 0 bridgehead atoms. The van der Waals surface area contributed by atoms with Gasteiger partial charge in [0.15, 0.2) is 0 Å². The minimum Gasteiger partial charge on any atom is -0.397 e. The molecule has 34 heavy (non-hydrogen) atoms. The molecule has 0 aromatic carbocycles. The second-order valence-electron chi connectivity index (χ2n) is 9.74. The third kappa shape index (κ3) is 8.29. The second-order valence-corrected chi connectivity index (χ2v) is 9.74. The number of nitrogens with zero attached hydrogens (tertiary/aromatic N) is 3. The second kappa shape index (κ2) is 12.7. The highest BCUT2D eigenvalue weighted by atomic mass is 16.5. The summed E-state index contributed by atoms with van der Waals surface area (Å²) in [5.41, 5.74) is 12.2. The van der Waals surface area contributed by atoms with Crippen molar-refractivity contribution in [2.75, 3.05) is 18.9 Å². The molecular formula is C27H42N6O. The third-order valence-electron chi connectivity index (χ3n) is 6.60. The lowest BCUT2D eigenvalue weighted by Gasteiger charge is -2.23. The Morgan fingerprint density at radius 3 is 2.59 bits per heavy atom. The average Bonchev–Trinajstić information content (AvgIpc) is 3.65. The molecule has 0 aliphatic heterocycles. The Kier molecular flexibility index (Phi) is 9.72. The predicted octanol–water partition coefficient (Wildman–Crippen LogP) is 4.96. The van der Waals surface area contributed by atoms with Gasteiger partial charge in [-0.15, -0.1) is 0 Å². The van der Waals surface area contributed by atoms with Gasteiger partial charge in [-0.1, -0.05) is 56.4 Å². The van der Waals surface area contributed by atoms with Gasteiger partial charge in [-0.05, 0) is 56.2 Å². The number of rotatable bonds is 12. The number of likely N-dealkylation sites (N-methyl/N-ethyl adjacent to an activating group) is 1. The summed E-state index contributed by atoms with van der Waals surface area (Å²) in [6.07, 6.45) is 16.5. The maximum Gasteiger partial charge on any atom is 0.223 e. The molecule has 0 atom stereocenters. The molecule has 1 aromatic heterocycles. The molecule has 0 radical (unpaired) electrons. The van der Waals surface area contributed by atoms with Crippen LogP contribution in [0.5, 0.6) is 0 Å². The molecular weight excluding hydrogens is 424 g/mol. The van der Waals surface area contributed by atoms with Gasteiger partial charge in [-0.2, -0.15) is 0 Å². The van der Waals surface area contributed by atoms with E-state index in [2.05, 4.69) is 40.9 Å². The Bertz CT molecular complexity index is 923. The van der Waals surface area contributed by atoms with Gasteiger partial charge in [0, 0.05) is 13.2 Å². The molecule has 2 fully saturated rings. The highest BCUT2D eigenvalue weighted by Gasteiger charge is 2.22. The van der Waals surface area contributed by atoms with E-state index < -0.39 is 0 Å². The first-order valence-electron chi connectivity index (χ1n) is 12.5. The Labute approximate surface area is 205 Å². The number of hydrogen-bond donors (Lipinski definition) is 3. The Balaban J connectivity index is 1.67. The maximum atomic E-state index is 6.53. The number of ether oxygens (including phenoxy) is 1. The van der Waals surface area contributed by atoms with Crippen molar-refractivity contribution >= 4 is 5.95 Å². The van der Waals surface area contributed by atoms with Crippen LogP contribution in [0.1, 0.15) is 70.9 Å². The first-order chi connectivity index (χ1) is 16.3. The molecule has 0 saturated heterocycles. The summed E-state index contributed by atoms with van der Waals surface area (Å²) in [5.74, 6) is 7.42. The van der Waals surface area contributed by atoms with Crippen LogP contribution in [-0.4, -0.2) is 34.7 Å². The summed E-state index contributed by atoms with van der Waals surface area (Å²) < 4.78 is 5.74. The fourth-order valence-electron chi connectivity index (χ4n) is 4.20. The highest BCUT2D eigenvalue weighted by molar-refractivity contribution is 5.39. The molecule has 2 aliphatic carbocycles. The number of aromatic nitrogens is 2. The van der Waals surface area contributed by atoms with Crippen molar-refractivity contribution in [2.24, 2.45) is 17.5 Å². The van der Waals surface area contributed by atoms with E-state index in [-0.39, 0.29) is 0 Å². The first kappa shape index (κ1) is 26.0. The molecule has 3 rings (SSSR count). The van der Waals surface area contributed by atoms with Crippen LogP contribution in [0.25, 0.3) is 0 Å². The van der Waals surface area contributed by atoms with Crippen LogP contribution in [0, 0.1) is 5.92 Å². The Morgan fingerprint density at radius 2 is 1.94 bits per heavy atom. The van der Waals surface area contributed by atoms with E-state index in [0.717, 1.165) is 47.7 Å². The number of hydrogen-bond acceptors (Lipinski definition) is 7. The minimum absolute atomic E-state index is 0.392. The zero-order chi connectivity index (χ0) is 24.5. The number of hydrazine groups is 1. The fraction of sp³-hybridized carbons (Fsp3) is 0.556. The summed E-state index contributed by atoms with van der Waals surface area (Å²) >= 11 is 0. The van der Waals surface area contributed by atoms with Gasteiger partial charge in [0.2, 0.25) is 5.95 Å². The molecule has 2 saturated carbocycles. The van der Waals surface area contributed by atoms with Crippen LogP contribution >= 0.6 is 0 Å². The van der Waals surface area contributed by atoms with Gasteiger partial charge in [-0.25, -0.2) is 15.8 Å². The van der Waals surface area contributed by atoms with E-state index in [4.69, 9.17) is 16.3 Å². The van der Waals surface area contributed by atoms with Crippen molar-refractivity contribution < 1.29 is 4.74 Å². The molecule has 186 valence electrons. The predicted molar refractivity (Wildman–Crippen MR) is 139 cm³/mol. The normalized spacial score (nSPS) is 18.5. The summed E-state index contributed by atoms with van der Waals surface area (Å²) in [7, 11) is 1.79. The maximum absolute atomic E-state index is 6.53. The van der Waals surface area contributed by atoms with Crippen molar-refractivity contribution in [2.45, 2.75) is 77.9 Å². The first-order valence-corrected chi connectivity index (χ1v) is 12.5. The van der Waals surface area contributed by atoms with E-state index in [0.29, 0.717) is 30.9 Å². The molecule has 1 heterocycles. The van der Waals surface area contributed by atoms with Crippen molar-refractivity contribution in [3.8, 4) is 0 Å². The van der Waals surface area contributed by atoms with Gasteiger partial charge in [0.1, 0.15) is 0 Å². The molecule has 7 heteroatoms. The number of nitrogens with two attached hydrogens (primary N) is 2. The van der Waals surface area contributed by atoms with Crippen molar-refractivity contribution in [3.05, 3.63) is 64.8 Å². The number of anilines is 1. The van der Waals surface area contributed by atoms with Gasteiger partial charge >= 0.3 is 0 Å². The summed E-state index contributed by atoms with van der Waals surface area (Å²) in [6.45, 7) is 9.22. The lowest BCUT2D eigenvalue weighted by Crippen LogP contribution is -2.32. The van der Waals surface area contributed by atoms with Gasteiger partial charge < -0.3 is 20.8 Å². The van der Waals surface area contributed by atoms with E-state index in [1.807, 2.05) is 13.0 Å². The molecule has 0 amide bonds. The average molecular weight is 467 g/mol. The molecule has 0 unspecified atom stereocenters. The van der Waals surface area contributed by atoms with E-state index in [1.165, 1.54) is 37.7 Å². The molecule has 0 spiro atoms. The SMILES string of the molecule is C=C(C)\C(=C/C=C(C)/C(N)=C(\CNc1nccc(COC2CC2)n1)N(C)N)CC1CCCCC1. The summed E-state index contributed by atoms with van der Waals surface area (Å²) in [4.78, 5) is 8.86. The lowest BCUT2D eigenvalue weighted by molar-refractivity contribution is 0.103. The van der Waals surface area contributed by atoms with Crippen molar-refractivity contribution in [1.82, 2.24) is 15.0 Å². The Hall–Kier alpha value is -2.64. The van der Waals surface area contributed by atoms with Crippen LogP contribution in [-0.2, 0) is 11.3 Å². The van der Waals surface area contributed by atoms with Crippen LogP contribution in [0.3, 0.4) is 0 Å². The highest BCUT2D eigenvalue weighted by Crippen LogP contribution is 2.31. The van der Waals surface area contributed by atoms with E-state index in [9.17, 15) is 0 Å². The zero-order valence-corrected chi connectivity index (χ0v) is 21.1. The Morgan fingerprint density at radius 1 is 1.21 bits per heavy atom. The standard InChI is InChI=1S/C27H42N6O/c1-19(2)22(16-21-8-6-5-7-9-21)11-10-20(3)26(28)25(33(4)29)17-31-27-30-15-14-23(32-27)18-34-24-12-13-24/h10-11,14-15,21,24H,1,5-9,12-13,16-18,28-29H2,2-4H3,(H,30,31,32)/b20-10+,22-11-,26-25-. The van der Waals surface area contributed by atoms with Crippen LogP contribution in [0.2, 0.25) is 0 Å². The van der Waals surface area contributed by atoms with Crippen molar-refractivity contribution in [1.29, 1.82) is 0 Å². The van der Waals surface area contributed by atoms with Gasteiger partial charge in [-0.3, -0.25) is 0 Å². The zero-order valence-electron chi connectivity index (χ0n) is 21.1. The van der Waals surface area contributed by atoms with E-state index >= 15 is 0 Å². The monoisotopic (exact) mass is 466 g/mol. The largest absolute Gasteiger partial charge is 0.397 e. The number of allylic oxidation sites excluding steroid dienone is 5. The molecule has 1 aromatic rings. The van der Waals surface area contributed by atoms with Crippen molar-refractivity contribution in [3.63, 3.8) is 0 Å². The fourth-order valence-corrected chi connectivity index (χ4v) is 4.20. The number of nitrogens with one attached hydrogen (secondary N) is 1. The topological polar surface area (TPSA) is 102 Å². The summed E-state index contributed by atoms with van der Waals surface area (Å²) in [6, 6.07) is 1.87. The molecule has 2 aliphatic rings.